The first kappa shape index (κ1) is 46.7. The Balaban J connectivity index is 2.18. The van der Waals surface area contributed by atoms with Crippen LogP contribution in [-0.2, 0) is 9.47 Å². The SMILES string of the molecule is CC(C)CCCCCCCCCCCCCCCOC(=O)c1cccc(C(=O)O)c1C(=O)OCCCCCCCCCCCCCCCC(C)C. The molecule has 0 radical (unpaired) electrons. The van der Waals surface area contributed by atoms with Crippen molar-refractivity contribution in [2.24, 2.45) is 11.8 Å². The monoisotopic (exact) mass is 715 g/mol. The molecular weight excluding hydrogens is 636 g/mol. The second-order valence-electron chi connectivity index (χ2n) is 15.9. The number of rotatable bonds is 35. The van der Waals surface area contributed by atoms with Crippen molar-refractivity contribution in [3.05, 3.63) is 34.9 Å². The van der Waals surface area contributed by atoms with Gasteiger partial charge in [-0.1, -0.05) is 201 Å². The summed E-state index contributed by atoms with van der Waals surface area (Å²) in [6, 6.07) is 4.25. The van der Waals surface area contributed by atoms with Gasteiger partial charge in [-0.05, 0) is 36.8 Å². The van der Waals surface area contributed by atoms with Gasteiger partial charge in [0.05, 0.1) is 29.9 Å². The maximum absolute atomic E-state index is 13.0. The molecule has 6 heteroatoms. The molecule has 0 atom stereocenters. The average molecular weight is 715 g/mol. The van der Waals surface area contributed by atoms with E-state index in [0.717, 1.165) is 50.4 Å². The van der Waals surface area contributed by atoms with E-state index in [1.54, 1.807) is 0 Å². The van der Waals surface area contributed by atoms with Crippen molar-refractivity contribution in [3.8, 4) is 0 Å². The van der Waals surface area contributed by atoms with Gasteiger partial charge in [0.2, 0.25) is 0 Å². The molecule has 0 heterocycles. The average Bonchev–Trinajstić information content (AvgIpc) is 3.10. The van der Waals surface area contributed by atoms with E-state index in [4.69, 9.17) is 9.47 Å². The molecule has 0 aromatic heterocycles. The number of carboxylic acids is 1. The number of benzene rings is 1. The van der Waals surface area contributed by atoms with E-state index in [0.29, 0.717) is 0 Å². The highest BCUT2D eigenvalue weighted by molar-refractivity contribution is 6.10. The normalized spacial score (nSPS) is 11.4. The molecule has 0 aliphatic heterocycles. The van der Waals surface area contributed by atoms with Crippen molar-refractivity contribution in [2.75, 3.05) is 13.2 Å². The third-order valence-electron chi connectivity index (χ3n) is 10.0. The van der Waals surface area contributed by atoms with Gasteiger partial charge in [0, 0.05) is 0 Å². The van der Waals surface area contributed by atoms with Crippen LogP contribution >= 0.6 is 0 Å². The summed E-state index contributed by atoms with van der Waals surface area (Å²) >= 11 is 0. The van der Waals surface area contributed by atoms with Crippen molar-refractivity contribution >= 4 is 17.9 Å². The Morgan fingerprint density at radius 3 is 1.08 bits per heavy atom. The van der Waals surface area contributed by atoms with Crippen LogP contribution in [0.5, 0.6) is 0 Å². The quantitative estimate of drug-likeness (QED) is 0.0556. The Morgan fingerprint density at radius 1 is 0.451 bits per heavy atom. The maximum Gasteiger partial charge on any atom is 0.339 e. The molecule has 0 unspecified atom stereocenters. The predicted molar refractivity (Wildman–Crippen MR) is 213 cm³/mol. The van der Waals surface area contributed by atoms with E-state index in [2.05, 4.69) is 27.7 Å². The third-order valence-corrected chi connectivity index (χ3v) is 10.0. The first-order valence-electron chi connectivity index (χ1n) is 21.4. The van der Waals surface area contributed by atoms with Crippen molar-refractivity contribution in [3.63, 3.8) is 0 Å². The smallest absolute Gasteiger partial charge is 0.339 e. The second-order valence-corrected chi connectivity index (χ2v) is 15.9. The first-order valence-corrected chi connectivity index (χ1v) is 21.4. The Bertz CT molecular complexity index is 1020. The Morgan fingerprint density at radius 2 is 0.745 bits per heavy atom. The lowest BCUT2D eigenvalue weighted by molar-refractivity contribution is 0.0446. The van der Waals surface area contributed by atoms with Crippen molar-refractivity contribution in [1.82, 2.24) is 0 Å². The predicted octanol–water partition coefficient (Wildman–Crippen LogP) is 13.9. The molecule has 0 spiro atoms. The van der Waals surface area contributed by atoms with E-state index in [9.17, 15) is 19.5 Å². The van der Waals surface area contributed by atoms with Crippen LogP contribution in [0.25, 0.3) is 0 Å². The number of carbonyl (C=O) groups excluding carboxylic acids is 2. The van der Waals surface area contributed by atoms with Crippen molar-refractivity contribution in [2.45, 2.75) is 207 Å². The molecule has 0 saturated heterocycles. The number of aromatic carboxylic acids is 1. The fourth-order valence-corrected chi connectivity index (χ4v) is 6.80. The molecule has 1 rings (SSSR count). The molecule has 6 nitrogen and oxygen atoms in total. The van der Waals surface area contributed by atoms with Crippen LogP contribution in [0.4, 0.5) is 0 Å². The van der Waals surface area contributed by atoms with Gasteiger partial charge < -0.3 is 14.6 Å². The Labute approximate surface area is 313 Å². The van der Waals surface area contributed by atoms with Gasteiger partial charge in [-0.15, -0.1) is 0 Å². The summed E-state index contributed by atoms with van der Waals surface area (Å²) < 4.78 is 10.9. The number of carbonyl (C=O) groups is 3. The standard InChI is InChI=1S/C45H78O6/c1-38(2)32-27-23-19-15-11-7-5-9-13-17-21-25-29-36-50-44(48)41-35-31-34-40(43(46)47)42(41)45(49)51-37-30-26-22-18-14-10-6-8-12-16-20-24-28-33-39(3)4/h31,34-35,38-39H,5-30,32-33,36-37H2,1-4H3,(H,46,47). The molecule has 1 aromatic rings. The van der Waals surface area contributed by atoms with E-state index in [1.165, 1.54) is 159 Å². The topological polar surface area (TPSA) is 89.9 Å². The molecule has 0 saturated carbocycles. The van der Waals surface area contributed by atoms with Crippen LogP contribution in [0.1, 0.15) is 239 Å². The molecule has 51 heavy (non-hydrogen) atoms. The first-order chi connectivity index (χ1) is 24.7. The molecule has 294 valence electrons. The molecule has 1 aromatic carbocycles. The molecule has 0 fully saturated rings. The minimum Gasteiger partial charge on any atom is -0.478 e. The summed E-state index contributed by atoms with van der Waals surface area (Å²) in [6.45, 7) is 9.67. The van der Waals surface area contributed by atoms with E-state index in [1.807, 2.05) is 0 Å². The minimum atomic E-state index is -1.27. The number of hydrogen-bond donors (Lipinski definition) is 1. The molecule has 0 bridgehead atoms. The largest absolute Gasteiger partial charge is 0.478 e. The molecule has 0 aliphatic carbocycles. The summed E-state index contributed by atoms with van der Waals surface area (Å²) in [7, 11) is 0. The molecule has 0 aliphatic rings. The molecular formula is C45H78O6. The lowest BCUT2D eigenvalue weighted by Crippen LogP contribution is -2.19. The summed E-state index contributed by atoms with van der Waals surface area (Å²) in [5, 5.41) is 9.71. The highest BCUT2D eigenvalue weighted by Crippen LogP contribution is 2.20. The second kappa shape index (κ2) is 32.3. The van der Waals surface area contributed by atoms with Gasteiger partial charge in [0.25, 0.3) is 0 Å². The van der Waals surface area contributed by atoms with Crippen LogP contribution in [0.2, 0.25) is 0 Å². The number of hydrogen-bond acceptors (Lipinski definition) is 5. The zero-order valence-electron chi connectivity index (χ0n) is 33.6. The van der Waals surface area contributed by atoms with Gasteiger partial charge in [0.1, 0.15) is 0 Å². The van der Waals surface area contributed by atoms with Crippen LogP contribution in [0.15, 0.2) is 18.2 Å². The molecule has 1 N–H and O–H groups in total. The summed E-state index contributed by atoms with van der Waals surface area (Å²) in [5.41, 5.74) is -0.486. The zero-order valence-corrected chi connectivity index (χ0v) is 33.6. The number of esters is 2. The highest BCUT2D eigenvalue weighted by Gasteiger charge is 2.26. The van der Waals surface area contributed by atoms with Gasteiger partial charge >= 0.3 is 17.9 Å². The van der Waals surface area contributed by atoms with Crippen molar-refractivity contribution in [1.29, 1.82) is 0 Å². The fraction of sp³-hybridized carbons (Fsp3) is 0.800. The third kappa shape index (κ3) is 26.1. The summed E-state index contributed by atoms with van der Waals surface area (Å²) in [5.74, 6) is -1.06. The highest BCUT2D eigenvalue weighted by atomic mass is 16.5. The van der Waals surface area contributed by atoms with Gasteiger partial charge in [-0.25, -0.2) is 14.4 Å². The number of unbranched alkanes of at least 4 members (excludes halogenated alkanes) is 24. The van der Waals surface area contributed by atoms with E-state index in [-0.39, 0.29) is 29.9 Å². The number of ether oxygens (including phenoxy) is 2. The Kier molecular flexibility index (Phi) is 29.5. The Hall–Kier alpha value is -2.37. The minimum absolute atomic E-state index is 0.0402. The van der Waals surface area contributed by atoms with E-state index < -0.39 is 17.9 Å². The van der Waals surface area contributed by atoms with Gasteiger partial charge in [0.15, 0.2) is 0 Å². The summed E-state index contributed by atoms with van der Waals surface area (Å²) in [4.78, 5) is 37.8. The number of carboxylic acid groups (broad SMARTS) is 1. The van der Waals surface area contributed by atoms with Crippen LogP contribution in [-0.4, -0.2) is 36.2 Å². The van der Waals surface area contributed by atoms with Crippen LogP contribution in [0.3, 0.4) is 0 Å². The van der Waals surface area contributed by atoms with E-state index >= 15 is 0 Å². The maximum atomic E-state index is 13.0. The lowest BCUT2D eigenvalue weighted by Gasteiger charge is -2.12. The lowest BCUT2D eigenvalue weighted by atomic mass is 10.0. The van der Waals surface area contributed by atoms with Gasteiger partial charge in [-0.2, -0.15) is 0 Å². The zero-order chi connectivity index (χ0) is 37.4. The summed E-state index contributed by atoms with van der Waals surface area (Å²) in [6.07, 6.45) is 34.8. The fourth-order valence-electron chi connectivity index (χ4n) is 6.80. The van der Waals surface area contributed by atoms with Crippen LogP contribution in [0, 0.1) is 11.8 Å². The van der Waals surface area contributed by atoms with Crippen molar-refractivity contribution < 1.29 is 29.0 Å². The van der Waals surface area contributed by atoms with Gasteiger partial charge in [-0.3, -0.25) is 0 Å². The molecule has 0 amide bonds. The van der Waals surface area contributed by atoms with Crippen LogP contribution < -0.4 is 0 Å².